The minimum absolute atomic E-state index is 0.0502. The Bertz CT molecular complexity index is 942. The Morgan fingerprint density at radius 2 is 1.79 bits per heavy atom. The topological polar surface area (TPSA) is 63.1 Å². The van der Waals surface area contributed by atoms with Gasteiger partial charge in [-0.15, -0.1) is 0 Å². The van der Waals surface area contributed by atoms with Crippen LogP contribution in [0.4, 0.5) is 10.5 Å². The van der Waals surface area contributed by atoms with E-state index in [0.717, 1.165) is 36.1 Å². The summed E-state index contributed by atoms with van der Waals surface area (Å²) >= 11 is 0. The molecular formula is C22H25N5O. The lowest BCUT2D eigenvalue weighted by Crippen LogP contribution is -2.36. The summed E-state index contributed by atoms with van der Waals surface area (Å²) in [4.78, 5) is 19.1. The predicted molar refractivity (Wildman–Crippen MR) is 110 cm³/mol. The minimum atomic E-state index is -0.0502. The molecule has 6 nitrogen and oxygen atoms in total. The van der Waals surface area contributed by atoms with Crippen molar-refractivity contribution in [1.82, 2.24) is 19.7 Å². The van der Waals surface area contributed by atoms with E-state index in [0.29, 0.717) is 18.4 Å². The van der Waals surface area contributed by atoms with Gasteiger partial charge >= 0.3 is 6.03 Å². The van der Waals surface area contributed by atoms with E-state index in [2.05, 4.69) is 46.6 Å². The third-order valence-electron chi connectivity index (χ3n) is 5.03. The van der Waals surface area contributed by atoms with Gasteiger partial charge in [0.2, 0.25) is 0 Å². The second-order valence-corrected chi connectivity index (χ2v) is 7.28. The highest BCUT2D eigenvalue weighted by atomic mass is 16.2. The van der Waals surface area contributed by atoms with Crippen molar-refractivity contribution in [2.45, 2.75) is 38.8 Å². The highest BCUT2D eigenvalue weighted by Gasteiger charge is 2.32. The second-order valence-electron chi connectivity index (χ2n) is 7.28. The molecule has 1 aromatic heterocycles. The fraction of sp³-hybridized carbons (Fsp3) is 0.318. The summed E-state index contributed by atoms with van der Waals surface area (Å²) in [7, 11) is 1.84. The molecule has 0 atom stereocenters. The molecule has 1 aliphatic carbocycles. The average molecular weight is 375 g/mol. The molecule has 0 saturated heterocycles. The predicted octanol–water partition coefficient (Wildman–Crippen LogP) is 4.24. The Kier molecular flexibility index (Phi) is 5.10. The van der Waals surface area contributed by atoms with Crippen molar-refractivity contribution in [2.75, 3.05) is 5.32 Å². The van der Waals surface area contributed by atoms with Gasteiger partial charge in [0.15, 0.2) is 5.82 Å². The van der Waals surface area contributed by atoms with Crippen LogP contribution in [0.25, 0.3) is 11.4 Å². The van der Waals surface area contributed by atoms with Crippen molar-refractivity contribution in [3.63, 3.8) is 0 Å². The Morgan fingerprint density at radius 1 is 1.11 bits per heavy atom. The van der Waals surface area contributed by atoms with Gasteiger partial charge in [-0.2, -0.15) is 5.10 Å². The Balaban J connectivity index is 1.42. The summed E-state index contributed by atoms with van der Waals surface area (Å²) in [6.07, 6.45) is 4.85. The number of aromatic nitrogens is 3. The second kappa shape index (κ2) is 7.84. The van der Waals surface area contributed by atoms with E-state index in [1.165, 1.54) is 5.56 Å². The number of carbonyl (C=O) groups excluding carboxylic acids is 1. The van der Waals surface area contributed by atoms with E-state index >= 15 is 0 Å². The molecule has 0 radical (unpaired) electrons. The van der Waals surface area contributed by atoms with Gasteiger partial charge in [-0.25, -0.2) is 9.78 Å². The first kappa shape index (κ1) is 18.2. The van der Waals surface area contributed by atoms with Crippen LogP contribution in [0.5, 0.6) is 0 Å². The fourth-order valence-electron chi connectivity index (χ4n) is 3.20. The SMILES string of the molecule is CCc1ccc(CN(C(=O)Nc2ccc(-c3ncn(C)n3)cc2)C2CC2)cc1. The number of amides is 2. The lowest BCUT2D eigenvalue weighted by molar-refractivity contribution is 0.206. The Hall–Kier alpha value is -3.15. The number of hydrogen-bond acceptors (Lipinski definition) is 3. The fourth-order valence-corrected chi connectivity index (χ4v) is 3.20. The van der Waals surface area contributed by atoms with E-state index in [1.807, 2.05) is 36.2 Å². The normalized spacial score (nSPS) is 13.4. The smallest absolute Gasteiger partial charge is 0.317 e. The summed E-state index contributed by atoms with van der Waals surface area (Å²) < 4.78 is 1.67. The van der Waals surface area contributed by atoms with E-state index in [4.69, 9.17) is 0 Å². The summed E-state index contributed by atoms with van der Waals surface area (Å²) in [5.41, 5.74) is 4.18. The molecular weight excluding hydrogens is 350 g/mol. The third-order valence-corrected chi connectivity index (χ3v) is 5.03. The highest BCUT2D eigenvalue weighted by molar-refractivity contribution is 5.90. The van der Waals surface area contributed by atoms with E-state index in [9.17, 15) is 4.79 Å². The van der Waals surface area contributed by atoms with E-state index in [1.54, 1.807) is 11.0 Å². The first-order valence-corrected chi connectivity index (χ1v) is 9.74. The molecule has 1 heterocycles. The maximum absolute atomic E-state index is 12.9. The quantitative estimate of drug-likeness (QED) is 0.701. The molecule has 1 saturated carbocycles. The zero-order valence-corrected chi connectivity index (χ0v) is 16.3. The summed E-state index contributed by atoms with van der Waals surface area (Å²) in [5, 5.41) is 7.33. The van der Waals surface area contributed by atoms with Crippen molar-refractivity contribution in [2.24, 2.45) is 7.05 Å². The number of hydrogen-bond donors (Lipinski definition) is 1. The van der Waals surface area contributed by atoms with Crippen molar-refractivity contribution < 1.29 is 4.79 Å². The lowest BCUT2D eigenvalue weighted by atomic mass is 10.1. The highest BCUT2D eigenvalue weighted by Crippen LogP contribution is 2.29. The molecule has 0 aliphatic heterocycles. The van der Waals surface area contributed by atoms with Crippen LogP contribution < -0.4 is 5.32 Å². The maximum atomic E-state index is 12.9. The van der Waals surface area contributed by atoms with Crippen LogP contribution in [-0.4, -0.2) is 31.7 Å². The first-order valence-electron chi connectivity index (χ1n) is 9.74. The number of nitrogens with zero attached hydrogens (tertiary/aromatic N) is 4. The van der Waals surface area contributed by atoms with Gasteiger partial charge in [-0.05, 0) is 54.7 Å². The molecule has 28 heavy (non-hydrogen) atoms. The Morgan fingerprint density at radius 3 is 2.36 bits per heavy atom. The maximum Gasteiger partial charge on any atom is 0.322 e. The largest absolute Gasteiger partial charge is 0.322 e. The monoisotopic (exact) mass is 375 g/mol. The van der Waals surface area contributed by atoms with Gasteiger partial charge in [-0.3, -0.25) is 4.68 Å². The number of carbonyl (C=O) groups is 1. The molecule has 144 valence electrons. The van der Waals surface area contributed by atoms with Crippen molar-refractivity contribution in [3.8, 4) is 11.4 Å². The zero-order valence-electron chi connectivity index (χ0n) is 16.3. The van der Waals surface area contributed by atoms with Gasteiger partial charge in [0.1, 0.15) is 6.33 Å². The molecule has 0 spiro atoms. The van der Waals surface area contributed by atoms with Gasteiger partial charge in [0.05, 0.1) is 0 Å². The van der Waals surface area contributed by atoms with Crippen LogP contribution >= 0.6 is 0 Å². The van der Waals surface area contributed by atoms with Crippen molar-refractivity contribution >= 4 is 11.7 Å². The molecule has 2 aromatic carbocycles. The van der Waals surface area contributed by atoms with Crippen LogP contribution in [0.3, 0.4) is 0 Å². The molecule has 6 heteroatoms. The van der Waals surface area contributed by atoms with E-state index < -0.39 is 0 Å². The van der Waals surface area contributed by atoms with Gasteiger partial charge in [0, 0.05) is 30.9 Å². The van der Waals surface area contributed by atoms with Crippen LogP contribution in [0.2, 0.25) is 0 Å². The minimum Gasteiger partial charge on any atom is -0.317 e. The summed E-state index contributed by atoms with van der Waals surface area (Å²) in [5.74, 6) is 0.676. The molecule has 2 amide bonds. The average Bonchev–Trinajstić information content (AvgIpc) is 3.47. The standard InChI is InChI=1S/C22H25N5O/c1-3-16-4-6-17(7-5-16)14-27(20-12-13-20)22(28)24-19-10-8-18(9-11-19)21-23-15-26(2)25-21/h4-11,15,20H,3,12-14H2,1-2H3,(H,24,28). The molecule has 1 N–H and O–H groups in total. The summed E-state index contributed by atoms with van der Waals surface area (Å²) in [6, 6.07) is 16.5. The zero-order chi connectivity index (χ0) is 19.5. The van der Waals surface area contributed by atoms with Crippen molar-refractivity contribution in [3.05, 3.63) is 66.0 Å². The van der Waals surface area contributed by atoms with Crippen LogP contribution in [0.15, 0.2) is 54.9 Å². The lowest BCUT2D eigenvalue weighted by Gasteiger charge is -2.23. The van der Waals surface area contributed by atoms with Gasteiger partial charge in [-0.1, -0.05) is 31.2 Å². The molecule has 0 unspecified atom stereocenters. The molecule has 4 rings (SSSR count). The molecule has 1 aliphatic rings. The third kappa shape index (κ3) is 4.22. The van der Waals surface area contributed by atoms with Crippen LogP contribution in [0, 0.1) is 0 Å². The van der Waals surface area contributed by atoms with Crippen molar-refractivity contribution in [1.29, 1.82) is 0 Å². The molecule has 3 aromatic rings. The number of anilines is 1. The number of benzene rings is 2. The number of urea groups is 1. The van der Waals surface area contributed by atoms with Crippen LogP contribution in [0.1, 0.15) is 30.9 Å². The Labute approximate surface area is 165 Å². The number of rotatable bonds is 6. The molecule has 0 bridgehead atoms. The van der Waals surface area contributed by atoms with Gasteiger partial charge in [0.25, 0.3) is 0 Å². The van der Waals surface area contributed by atoms with E-state index in [-0.39, 0.29) is 6.03 Å². The van der Waals surface area contributed by atoms with Gasteiger partial charge < -0.3 is 10.2 Å². The number of nitrogens with one attached hydrogen (secondary N) is 1. The summed E-state index contributed by atoms with van der Waals surface area (Å²) in [6.45, 7) is 2.78. The first-order chi connectivity index (χ1) is 13.6. The van der Waals surface area contributed by atoms with Crippen LogP contribution in [-0.2, 0) is 20.0 Å². The number of aryl methyl sites for hydroxylation is 2. The molecule has 1 fully saturated rings.